The van der Waals surface area contributed by atoms with Crippen LogP contribution in [0.3, 0.4) is 0 Å². The molecule has 0 radical (unpaired) electrons. The predicted octanol–water partition coefficient (Wildman–Crippen LogP) is 3.98. The molecule has 0 amide bonds. The van der Waals surface area contributed by atoms with Gasteiger partial charge in [-0.25, -0.2) is 9.97 Å². The average molecular weight is 290 g/mol. The van der Waals surface area contributed by atoms with Crippen molar-refractivity contribution in [3.8, 4) is 0 Å². The molecule has 110 valence electrons. The molecule has 1 unspecified atom stereocenters. The molecule has 2 aromatic heterocycles. The molecule has 1 fully saturated rings. The zero-order chi connectivity index (χ0) is 14.8. The number of rotatable bonds is 4. The second-order valence-corrected chi connectivity index (χ2v) is 5.82. The van der Waals surface area contributed by atoms with Crippen molar-refractivity contribution in [1.29, 1.82) is 0 Å². The topological polar surface area (TPSA) is 50.7 Å². The van der Waals surface area contributed by atoms with E-state index in [-0.39, 0.29) is 0 Å². The van der Waals surface area contributed by atoms with Crippen LogP contribution in [-0.2, 0) is 0 Å². The van der Waals surface area contributed by atoms with E-state index in [2.05, 4.69) is 50.6 Å². The first-order valence-electron chi connectivity index (χ1n) is 7.79. The van der Waals surface area contributed by atoms with Gasteiger partial charge in [0.25, 0.3) is 0 Å². The molecule has 0 bridgehead atoms. The number of nitrogens with zero attached hydrogens (tertiary/aromatic N) is 3. The molecule has 4 rings (SSSR count). The Kier molecular flexibility index (Phi) is 3.43. The van der Waals surface area contributed by atoms with E-state index in [1.165, 1.54) is 24.8 Å². The Morgan fingerprint density at radius 2 is 1.77 bits per heavy atom. The van der Waals surface area contributed by atoms with Crippen LogP contribution in [0.4, 0.5) is 5.82 Å². The maximum absolute atomic E-state index is 4.60. The number of aromatic nitrogens is 3. The molecule has 0 spiro atoms. The maximum atomic E-state index is 4.60. The number of hydrogen-bond donors (Lipinski definition) is 1. The fraction of sp³-hybridized carbons (Fsp3) is 0.278. The quantitative estimate of drug-likeness (QED) is 0.789. The van der Waals surface area contributed by atoms with Crippen LogP contribution >= 0.6 is 0 Å². The zero-order valence-corrected chi connectivity index (χ0v) is 12.3. The van der Waals surface area contributed by atoms with Crippen molar-refractivity contribution in [2.24, 2.45) is 5.92 Å². The van der Waals surface area contributed by atoms with E-state index >= 15 is 0 Å². The SMILES string of the molecule is c1ccc(C(Nc2ccc3nccnc3n2)C2CCC2)cc1. The van der Waals surface area contributed by atoms with Crippen molar-refractivity contribution < 1.29 is 0 Å². The summed E-state index contributed by atoms with van der Waals surface area (Å²) in [7, 11) is 0. The van der Waals surface area contributed by atoms with E-state index in [0.717, 1.165) is 11.3 Å². The molecule has 4 heteroatoms. The number of hydrogen-bond acceptors (Lipinski definition) is 4. The molecule has 1 aliphatic carbocycles. The van der Waals surface area contributed by atoms with Crippen LogP contribution in [-0.4, -0.2) is 15.0 Å². The van der Waals surface area contributed by atoms with E-state index in [9.17, 15) is 0 Å². The van der Waals surface area contributed by atoms with E-state index in [4.69, 9.17) is 0 Å². The summed E-state index contributed by atoms with van der Waals surface area (Å²) in [5.74, 6) is 1.55. The maximum Gasteiger partial charge on any atom is 0.180 e. The van der Waals surface area contributed by atoms with Crippen molar-refractivity contribution in [2.75, 3.05) is 5.32 Å². The number of nitrogens with one attached hydrogen (secondary N) is 1. The summed E-state index contributed by atoms with van der Waals surface area (Å²) < 4.78 is 0. The van der Waals surface area contributed by atoms with E-state index in [1.54, 1.807) is 12.4 Å². The molecule has 1 N–H and O–H groups in total. The highest BCUT2D eigenvalue weighted by Crippen LogP contribution is 2.39. The summed E-state index contributed by atoms with van der Waals surface area (Å²) >= 11 is 0. The Bertz CT molecular complexity index is 768. The normalized spacial score (nSPS) is 16.2. The van der Waals surface area contributed by atoms with Crippen LogP contribution in [0.15, 0.2) is 54.9 Å². The van der Waals surface area contributed by atoms with Crippen LogP contribution in [0.25, 0.3) is 11.2 Å². The van der Waals surface area contributed by atoms with Gasteiger partial charge < -0.3 is 5.32 Å². The number of pyridine rings is 1. The van der Waals surface area contributed by atoms with Gasteiger partial charge in [-0.05, 0) is 36.5 Å². The van der Waals surface area contributed by atoms with Crippen molar-refractivity contribution in [2.45, 2.75) is 25.3 Å². The Morgan fingerprint density at radius 1 is 0.955 bits per heavy atom. The third kappa shape index (κ3) is 2.52. The molecular formula is C18H18N4. The summed E-state index contributed by atoms with van der Waals surface area (Å²) in [5.41, 5.74) is 2.84. The first-order chi connectivity index (χ1) is 10.9. The number of fused-ring (bicyclic) bond motifs is 1. The van der Waals surface area contributed by atoms with Gasteiger partial charge >= 0.3 is 0 Å². The molecule has 1 aromatic carbocycles. The molecule has 4 nitrogen and oxygen atoms in total. The lowest BCUT2D eigenvalue weighted by Crippen LogP contribution is -2.26. The lowest BCUT2D eigenvalue weighted by molar-refractivity contribution is 0.277. The highest BCUT2D eigenvalue weighted by Gasteiger charge is 2.28. The zero-order valence-electron chi connectivity index (χ0n) is 12.3. The number of anilines is 1. The molecular weight excluding hydrogens is 272 g/mol. The highest BCUT2D eigenvalue weighted by molar-refractivity contribution is 5.71. The van der Waals surface area contributed by atoms with Gasteiger partial charge in [-0.3, -0.25) is 4.98 Å². The Morgan fingerprint density at radius 3 is 2.55 bits per heavy atom. The fourth-order valence-corrected chi connectivity index (χ4v) is 3.00. The van der Waals surface area contributed by atoms with Crippen LogP contribution in [0.5, 0.6) is 0 Å². The third-order valence-corrected chi connectivity index (χ3v) is 4.41. The Balaban J connectivity index is 1.65. The Labute approximate surface area is 129 Å². The standard InChI is InChI=1S/C18H18N4/c1-2-5-13(6-3-1)17(14-7-4-8-14)21-16-10-9-15-18(22-16)20-12-11-19-15/h1-3,5-6,9-12,14,17H,4,7-8H2,(H,20,21,22). The van der Waals surface area contributed by atoms with Gasteiger partial charge in [-0.2, -0.15) is 0 Å². The van der Waals surface area contributed by atoms with Crippen molar-refractivity contribution >= 4 is 17.0 Å². The van der Waals surface area contributed by atoms with Gasteiger partial charge in [0.05, 0.1) is 6.04 Å². The molecule has 0 aliphatic heterocycles. The minimum atomic E-state index is 0.316. The summed E-state index contributed by atoms with van der Waals surface area (Å²) in [4.78, 5) is 13.2. The van der Waals surface area contributed by atoms with Gasteiger partial charge in [0, 0.05) is 12.4 Å². The van der Waals surface area contributed by atoms with Gasteiger partial charge in [0.15, 0.2) is 5.65 Å². The Hall–Kier alpha value is -2.49. The summed E-state index contributed by atoms with van der Waals surface area (Å²) in [6, 6.07) is 14.9. The molecule has 22 heavy (non-hydrogen) atoms. The lowest BCUT2D eigenvalue weighted by atomic mass is 9.77. The van der Waals surface area contributed by atoms with Gasteiger partial charge in [0.2, 0.25) is 0 Å². The van der Waals surface area contributed by atoms with Crippen molar-refractivity contribution in [3.63, 3.8) is 0 Å². The predicted molar refractivity (Wildman–Crippen MR) is 87.5 cm³/mol. The third-order valence-electron chi connectivity index (χ3n) is 4.41. The highest BCUT2D eigenvalue weighted by atomic mass is 15.0. The van der Waals surface area contributed by atoms with Gasteiger partial charge in [-0.15, -0.1) is 0 Å². The van der Waals surface area contributed by atoms with Crippen LogP contribution in [0.1, 0.15) is 30.9 Å². The number of benzene rings is 1. The monoisotopic (exact) mass is 290 g/mol. The van der Waals surface area contributed by atoms with Gasteiger partial charge in [0.1, 0.15) is 11.3 Å². The molecule has 1 aliphatic rings. The minimum Gasteiger partial charge on any atom is -0.363 e. The molecule has 0 saturated heterocycles. The molecule has 3 aromatic rings. The van der Waals surface area contributed by atoms with E-state index in [1.807, 2.05) is 12.1 Å². The van der Waals surface area contributed by atoms with Crippen LogP contribution < -0.4 is 5.32 Å². The van der Waals surface area contributed by atoms with E-state index < -0.39 is 0 Å². The van der Waals surface area contributed by atoms with Crippen molar-refractivity contribution in [3.05, 3.63) is 60.4 Å². The van der Waals surface area contributed by atoms with Crippen LogP contribution in [0, 0.1) is 5.92 Å². The van der Waals surface area contributed by atoms with Crippen LogP contribution in [0.2, 0.25) is 0 Å². The fourth-order valence-electron chi connectivity index (χ4n) is 3.00. The minimum absolute atomic E-state index is 0.316. The first kappa shape index (κ1) is 13.2. The average Bonchev–Trinajstić information content (AvgIpc) is 2.53. The second-order valence-electron chi connectivity index (χ2n) is 5.82. The second kappa shape index (κ2) is 5.72. The lowest BCUT2D eigenvalue weighted by Gasteiger charge is -2.35. The first-order valence-corrected chi connectivity index (χ1v) is 7.79. The summed E-state index contributed by atoms with van der Waals surface area (Å²) in [5, 5.41) is 3.61. The molecule has 1 atom stereocenters. The largest absolute Gasteiger partial charge is 0.363 e. The molecule has 2 heterocycles. The summed E-state index contributed by atoms with van der Waals surface area (Å²) in [6.07, 6.45) is 7.25. The van der Waals surface area contributed by atoms with E-state index in [0.29, 0.717) is 17.6 Å². The van der Waals surface area contributed by atoms with Gasteiger partial charge in [-0.1, -0.05) is 36.8 Å². The van der Waals surface area contributed by atoms with Crippen molar-refractivity contribution in [1.82, 2.24) is 15.0 Å². The summed E-state index contributed by atoms with van der Waals surface area (Å²) in [6.45, 7) is 0. The molecule has 1 saturated carbocycles. The smallest absolute Gasteiger partial charge is 0.180 e.